The lowest BCUT2D eigenvalue weighted by molar-refractivity contribution is -0.134. The van der Waals surface area contributed by atoms with Gasteiger partial charge in [-0.15, -0.1) is 0 Å². The number of para-hydroxylation sites is 1. The molecule has 1 saturated heterocycles. The number of barbiturate groups is 1. The number of imide groups is 2. The number of nitrogens with one attached hydrogen (secondary N) is 1. The fourth-order valence-corrected chi connectivity index (χ4v) is 2.74. The van der Waals surface area contributed by atoms with Crippen molar-refractivity contribution in [3.05, 3.63) is 60.2 Å². The number of rotatable bonds is 5. The molecule has 0 unspecified atom stereocenters. The number of amides is 4. The van der Waals surface area contributed by atoms with E-state index in [4.69, 9.17) is 4.74 Å². The van der Waals surface area contributed by atoms with Crippen molar-refractivity contribution < 1.29 is 19.1 Å². The summed E-state index contributed by atoms with van der Waals surface area (Å²) in [6, 6.07) is 15.1. The molecular formula is C19H18N2O4. The molecule has 0 spiro atoms. The highest BCUT2D eigenvalue weighted by Gasteiger charge is 2.41. The van der Waals surface area contributed by atoms with E-state index in [2.05, 4.69) is 5.32 Å². The highest BCUT2D eigenvalue weighted by Crippen LogP contribution is 2.23. The van der Waals surface area contributed by atoms with E-state index in [0.717, 1.165) is 16.2 Å². The van der Waals surface area contributed by atoms with Gasteiger partial charge < -0.3 is 4.74 Å². The number of anilines is 1. The first kappa shape index (κ1) is 16.7. The fraction of sp³-hybridized carbons (Fsp3) is 0.211. The van der Waals surface area contributed by atoms with Crippen molar-refractivity contribution in [2.75, 3.05) is 11.5 Å². The number of carbonyl (C=O) groups is 3. The number of hydrogen-bond acceptors (Lipinski definition) is 4. The average Bonchev–Trinajstić information content (AvgIpc) is 2.61. The Morgan fingerprint density at radius 2 is 1.68 bits per heavy atom. The maximum atomic E-state index is 12.7. The Kier molecular flexibility index (Phi) is 4.79. The molecule has 1 fully saturated rings. The van der Waals surface area contributed by atoms with E-state index in [1.807, 2.05) is 19.1 Å². The second kappa shape index (κ2) is 7.17. The summed E-state index contributed by atoms with van der Waals surface area (Å²) >= 11 is 0. The average molecular weight is 338 g/mol. The van der Waals surface area contributed by atoms with Crippen molar-refractivity contribution in [2.24, 2.45) is 5.92 Å². The number of nitrogens with zero attached hydrogens (tertiary/aromatic N) is 1. The van der Waals surface area contributed by atoms with Gasteiger partial charge in [-0.05, 0) is 43.2 Å². The lowest BCUT2D eigenvalue weighted by atomic mass is 9.95. The van der Waals surface area contributed by atoms with Crippen LogP contribution >= 0.6 is 0 Å². The number of urea groups is 1. The Labute approximate surface area is 145 Å². The summed E-state index contributed by atoms with van der Waals surface area (Å²) in [5.74, 6) is -1.31. The predicted molar refractivity (Wildman–Crippen MR) is 92.3 cm³/mol. The monoisotopic (exact) mass is 338 g/mol. The molecular weight excluding hydrogens is 320 g/mol. The predicted octanol–water partition coefficient (Wildman–Crippen LogP) is 2.53. The first-order valence-corrected chi connectivity index (χ1v) is 8.05. The molecule has 0 bridgehead atoms. The van der Waals surface area contributed by atoms with Crippen LogP contribution in [-0.2, 0) is 16.0 Å². The first-order valence-electron chi connectivity index (χ1n) is 8.05. The van der Waals surface area contributed by atoms with Gasteiger partial charge in [0.15, 0.2) is 0 Å². The summed E-state index contributed by atoms with van der Waals surface area (Å²) < 4.78 is 5.38. The molecule has 3 rings (SSSR count). The van der Waals surface area contributed by atoms with E-state index in [1.54, 1.807) is 42.5 Å². The molecule has 0 saturated carbocycles. The van der Waals surface area contributed by atoms with Gasteiger partial charge in [-0.3, -0.25) is 14.9 Å². The van der Waals surface area contributed by atoms with E-state index >= 15 is 0 Å². The lowest BCUT2D eigenvalue weighted by Gasteiger charge is -2.30. The fourth-order valence-electron chi connectivity index (χ4n) is 2.74. The summed E-state index contributed by atoms with van der Waals surface area (Å²) in [4.78, 5) is 38.0. The molecule has 128 valence electrons. The quantitative estimate of drug-likeness (QED) is 0.850. The van der Waals surface area contributed by atoms with E-state index < -0.39 is 23.8 Å². The van der Waals surface area contributed by atoms with Gasteiger partial charge >= 0.3 is 6.03 Å². The molecule has 0 radical (unpaired) electrons. The van der Waals surface area contributed by atoms with Crippen LogP contribution in [-0.4, -0.2) is 24.5 Å². The van der Waals surface area contributed by atoms with Gasteiger partial charge in [0.25, 0.3) is 0 Å². The van der Waals surface area contributed by atoms with Crippen LogP contribution in [0.1, 0.15) is 12.5 Å². The highest BCUT2D eigenvalue weighted by atomic mass is 16.5. The SMILES string of the molecule is CCOc1ccc(C[C@@H]2C(=O)NC(=O)N(c3ccccc3)C2=O)cc1. The zero-order valence-electron chi connectivity index (χ0n) is 13.8. The summed E-state index contributed by atoms with van der Waals surface area (Å²) in [7, 11) is 0. The Morgan fingerprint density at radius 3 is 2.32 bits per heavy atom. The minimum Gasteiger partial charge on any atom is -0.494 e. The summed E-state index contributed by atoms with van der Waals surface area (Å²) in [5, 5.41) is 2.26. The Balaban J connectivity index is 1.81. The van der Waals surface area contributed by atoms with Gasteiger partial charge in [-0.1, -0.05) is 30.3 Å². The standard InChI is InChI=1S/C19H18N2O4/c1-2-25-15-10-8-13(9-11-15)12-16-17(22)20-19(24)21(18(16)23)14-6-4-3-5-7-14/h3-11,16H,2,12H2,1H3,(H,20,22,24)/t16-/m1/s1. The summed E-state index contributed by atoms with van der Waals surface area (Å²) in [6.45, 7) is 2.46. The van der Waals surface area contributed by atoms with Crippen LogP contribution in [0.5, 0.6) is 5.75 Å². The minimum absolute atomic E-state index is 0.216. The lowest BCUT2D eigenvalue weighted by Crippen LogP contribution is -2.58. The van der Waals surface area contributed by atoms with Crippen molar-refractivity contribution >= 4 is 23.5 Å². The molecule has 1 aliphatic heterocycles. The van der Waals surface area contributed by atoms with Gasteiger partial charge in [0.05, 0.1) is 12.3 Å². The maximum absolute atomic E-state index is 12.7. The van der Waals surface area contributed by atoms with E-state index in [9.17, 15) is 14.4 Å². The van der Waals surface area contributed by atoms with Crippen LogP contribution in [0, 0.1) is 5.92 Å². The molecule has 1 aliphatic rings. The molecule has 6 nitrogen and oxygen atoms in total. The van der Waals surface area contributed by atoms with Crippen LogP contribution in [0.15, 0.2) is 54.6 Å². The normalized spacial score (nSPS) is 17.4. The van der Waals surface area contributed by atoms with Crippen LogP contribution in [0.3, 0.4) is 0 Å². The molecule has 1 heterocycles. The largest absolute Gasteiger partial charge is 0.494 e. The smallest absolute Gasteiger partial charge is 0.335 e. The van der Waals surface area contributed by atoms with Gasteiger partial charge in [-0.25, -0.2) is 9.69 Å². The van der Waals surface area contributed by atoms with Gasteiger partial charge in [0, 0.05) is 0 Å². The van der Waals surface area contributed by atoms with Crippen molar-refractivity contribution in [1.29, 1.82) is 0 Å². The number of carbonyl (C=O) groups excluding carboxylic acids is 3. The minimum atomic E-state index is -0.948. The first-order chi connectivity index (χ1) is 12.1. The van der Waals surface area contributed by atoms with Gasteiger partial charge in [-0.2, -0.15) is 0 Å². The molecule has 0 aliphatic carbocycles. The summed E-state index contributed by atoms with van der Waals surface area (Å²) in [6.07, 6.45) is 0.216. The van der Waals surface area contributed by atoms with Crippen molar-refractivity contribution in [3.8, 4) is 5.75 Å². The third kappa shape index (κ3) is 3.52. The number of hydrogen-bond donors (Lipinski definition) is 1. The molecule has 1 atom stereocenters. The van der Waals surface area contributed by atoms with Crippen molar-refractivity contribution in [3.63, 3.8) is 0 Å². The molecule has 0 aromatic heterocycles. The molecule has 25 heavy (non-hydrogen) atoms. The third-order valence-corrected chi connectivity index (χ3v) is 3.96. The Hall–Kier alpha value is -3.15. The van der Waals surface area contributed by atoms with Crippen LogP contribution in [0.4, 0.5) is 10.5 Å². The van der Waals surface area contributed by atoms with Crippen LogP contribution in [0.25, 0.3) is 0 Å². The van der Waals surface area contributed by atoms with Gasteiger partial charge in [0.1, 0.15) is 11.7 Å². The third-order valence-electron chi connectivity index (χ3n) is 3.96. The second-order valence-corrected chi connectivity index (χ2v) is 5.64. The summed E-state index contributed by atoms with van der Waals surface area (Å²) in [5.41, 5.74) is 1.26. The van der Waals surface area contributed by atoms with E-state index in [0.29, 0.717) is 12.3 Å². The Bertz CT molecular complexity index is 787. The second-order valence-electron chi connectivity index (χ2n) is 5.64. The zero-order chi connectivity index (χ0) is 17.8. The topological polar surface area (TPSA) is 75.7 Å². The van der Waals surface area contributed by atoms with Crippen molar-refractivity contribution in [2.45, 2.75) is 13.3 Å². The molecule has 2 aromatic rings. The maximum Gasteiger partial charge on any atom is 0.335 e. The van der Waals surface area contributed by atoms with Crippen molar-refractivity contribution in [1.82, 2.24) is 5.32 Å². The highest BCUT2D eigenvalue weighted by molar-refractivity contribution is 6.27. The zero-order valence-corrected chi connectivity index (χ0v) is 13.8. The molecule has 1 N–H and O–H groups in total. The van der Waals surface area contributed by atoms with E-state index in [-0.39, 0.29) is 6.42 Å². The van der Waals surface area contributed by atoms with Crippen LogP contribution in [0.2, 0.25) is 0 Å². The molecule has 2 aromatic carbocycles. The van der Waals surface area contributed by atoms with E-state index in [1.165, 1.54) is 0 Å². The number of benzene rings is 2. The molecule has 6 heteroatoms. The number of ether oxygens (including phenoxy) is 1. The van der Waals surface area contributed by atoms with Crippen LogP contribution < -0.4 is 15.0 Å². The Morgan fingerprint density at radius 1 is 1.00 bits per heavy atom. The molecule has 4 amide bonds. The van der Waals surface area contributed by atoms with Gasteiger partial charge in [0.2, 0.25) is 11.8 Å².